The first kappa shape index (κ1) is 21.1. The maximum Gasteiger partial charge on any atom is 0.509 e. The van der Waals surface area contributed by atoms with E-state index >= 15 is 0 Å². The van der Waals surface area contributed by atoms with Gasteiger partial charge >= 0.3 is 12.1 Å². The number of carbonyl (C=O) groups excluding carboxylic acids is 2. The van der Waals surface area contributed by atoms with Gasteiger partial charge in [-0.2, -0.15) is 0 Å². The van der Waals surface area contributed by atoms with Gasteiger partial charge in [-0.15, -0.1) is 0 Å². The SMILES string of the molecule is Cc1ccc(COC(=O)OC(Cc2ccccc2)C(=O)OCc2ccccc2)cc1. The summed E-state index contributed by atoms with van der Waals surface area (Å²) in [7, 11) is 0. The highest BCUT2D eigenvalue weighted by molar-refractivity contribution is 5.78. The topological polar surface area (TPSA) is 61.8 Å². The van der Waals surface area contributed by atoms with Gasteiger partial charge in [0.1, 0.15) is 13.2 Å². The molecule has 0 aliphatic rings. The first-order chi connectivity index (χ1) is 14.6. The van der Waals surface area contributed by atoms with Gasteiger partial charge in [0.05, 0.1) is 0 Å². The van der Waals surface area contributed by atoms with Crippen LogP contribution in [0.1, 0.15) is 22.3 Å². The van der Waals surface area contributed by atoms with Crippen molar-refractivity contribution in [2.45, 2.75) is 32.7 Å². The lowest BCUT2D eigenvalue weighted by molar-refractivity contribution is -0.156. The number of ether oxygens (including phenoxy) is 3. The summed E-state index contributed by atoms with van der Waals surface area (Å²) in [6.07, 6.45) is -1.80. The Hall–Kier alpha value is -3.60. The van der Waals surface area contributed by atoms with Crippen molar-refractivity contribution in [1.29, 1.82) is 0 Å². The normalized spacial score (nSPS) is 11.4. The lowest BCUT2D eigenvalue weighted by Crippen LogP contribution is -2.31. The van der Waals surface area contributed by atoms with Gasteiger partial charge in [0.15, 0.2) is 0 Å². The molecular formula is C25H24O5. The number of aryl methyl sites for hydroxylation is 1. The fourth-order valence-corrected chi connectivity index (χ4v) is 2.80. The molecule has 0 amide bonds. The molecule has 0 fully saturated rings. The minimum Gasteiger partial charge on any atom is -0.458 e. The van der Waals surface area contributed by atoms with Crippen molar-refractivity contribution in [3.05, 3.63) is 107 Å². The first-order valence-electron chi connectivity index (χ1n) is 9.73. The fraction of sp³-hybridized carbons (Fsp3) is 0.200. The highest BCUT2D eigenvalue weighted by Gasteiger charge is 2.26. The van der Waals surface area contributed by atoms with E-state index in [1.165, 1.54) is 0 Å². The molecule has 3 rings (SSSR count). The van der Waals surface area contributed by atoms with E-state index < -0.39 is 18.2 Å². The van der Waals surface area contributed by atoms with Crippen LogP contribution in [0.15, 0.2) is 84.9 Å². The van der Waals surface area contributed by atoms with Crippen molar-refractivity contribution < 1.29 is 23.8 Å². The summed E-state index contributed by atoms with van der Waals surface area (Å²) in [6, 6.07) is 26.3. The average molecular weight is 404 g/mol. The van der Waals surface area contributed by atoms with E-state index in [0.717, 1.165) is 22.3 Å². The molecular weight excluding hydrogens is 380 g/mol. The van der Waals surface area contributed by atoms with E-state index in [0.29, 0.717) is 0 Å². The Labute approximate surface area is 176 Å². The summed E-state index contributed by atoms with van der Waals surface area (Å²) in [5, 5.41) is 0. The molecule has 0 aliphatic carbocycles. The van der Waals surface area contributed by atoms with Gasteiger partial charge in [0, 0.05) is 6.42 Å². The molecule has 5 nitrogen and oxygen atoms in total. The van der Waals surface area contributed by atoms with Crippen LogP contribution in [0.2, 0.25) is 0 Å². The Balaban J connectivity index is 1.60. The summed E-state index contributed by atoms with van der Waals surface area (Å²) < 4.78 is 15.9. The molecule has 0 heterocycles. The number of hydrogen-bond acceptors (Lipinski definition) is 5. The first-order valence-corrected chi connectivity index (χ1v) is 9.73. The van der Waals surface area contributed by atoms with Crippen LogP contribution in [0.4, 0.5) is 4.79 Å². The molecule has 0 bridgehead atoms. The summed E-state index contributed by atoms with van der Waals surface area (Å²) >= 11 is 0. The standard InChI is InChI=1S/C25H24O5/c1-19-12-14-22(15-13-19)18-29-25(27)30-23(16-20-8-4-2-5-9-20)24(26)28-17-21-10-6-3-7-11-21/h2-15,23H,16-18H2,1H3. The van der Waals surface area contributed by atoms with Crippen molar-refractivity contribution in [2.24, 2.45) is 0 Å². The van der Waals surface area contributed by atoms with E-state index in [4.69, 9.17) is 14.2 Å². The van der Waals surface area contributed by atoms with Crippen LogP contribution in [-0.4, -0.2) is 18.2 Å². The van der Waals surface area contributed by atoms with Gasteiger partial charge < -0.3 is 14.2 Å². The third-order valence-electron chi connectivity index (χ3n) is 4.47. The molecule has 0 spiro atoms. The van der Waals surface area contributed by atoms with Gasteiger partial charge in [-0.25, -0.2) is 9.59 Å². The van der Waals surface area contributed by atoms with Crippen LogP contribution < -0.4 is 0 Å². The minimum absolute atomic E-state index is 0.0657. The molecule has 3 aromatic carbocycles. The predicted octanol–water partition coefficient (Wildman–Crippen LogP) is 5.00. The molecule has 5 heteroatoms. The largest absolute Gasteiger partial charge is 0.509 e. The molecule has 0 aliphatic heterocycles. The third kappa shape index (κ3) is 6.78. The van der Waals surface area contributed by atoms with Crippen molar-refractivity contribution in [3.8, 4) is 0 Å². The lowest BCUT2D eigenvalue weighted by atomic mass is 10.1. The molecule has 30 heavy (non-hydrogen) atoms. The van der Waals surface area contributed by atoms with E-state index in [1.807, 2.05) is 91.9 Å². The maximum atomic E-state index is 12.6. The molecule has 154 valence electrons. The van der Waals surface area contributed by atoms with Crippen molar-refractivity contribution in [3.63, 3.8) is 0 Å². The summed E-state index contributed by atoms with van der Waals surface area (Å²) in [5.74, 6) is -0.616. The number of rotatable bonds is 8. The number of hydrogen-bond donors (Lipinski definition) is 0. The number of benzene rings is 3. The van der Waals surface area contributed by atoms with Gasteiger partial charge in [-0.05, 0) is 23.6 Å². The third-order valence-corrected chi connectivity index (χ3v) is 4.47. The van der Waals surface area contributed by atoms with Crippen LogP contribution >= 0.6 is 0 Å². The molecule has 0 saturated carbocycles. The van der Waals surface area contributed by atoms with Gasteiger partial charge in [0.2, 0.25) is 6.10 Å². The van der Waals surface area contributed by atoms with E-state index in [9.17, 15) is 9.59 Å². The quantitative estimate of drug-likeness (QED) is 0.494. The maximum absolute atomic E-state index is 12.6. The molecule has 1 atom stereocenters. The van der Waals surface area contributed by atoms with Crippen molar-refractivity contribution >= 4 is 12.1 Å². The van der Waals surface area contributed by atoms with Crippen LogP contribution in [0, 0.1) is 6.92 Å². The summed E-state index contributed by atoms with van der Waals surface area (Å²) in [4.78, 5) is 24.8. The van der Waals surface area contributed by atoms with Crippen molar-refractivity contribution in [2.75, 3.05) is 0 Å². The van der Waals surface area contributed by atoms with Crippen LogP contribution in [-0.2, 0) is 38.6 Å². The molecule has 0 N–H and O–H groups in total. The zero-order valence-electron chi connectivity index (χ0n) is 16.8. The van der Waals surface area contributed by atoms with Gasteiger partial charge in [-0.3, -0.25) is 0 Å². The zero-order chi connectivity index (χ0) is 21.2. The second-order valence-corrected chi connectivity index (χ2v) is 6.91. The molecule has 0 radical (unpaired) electrons. The second kappa shape index (κ2) is 10.8. The number of esters is 1. The van der Waals surface area contributed by atoms with Gasteiger partial charge in [0.25, 0.3) is 0 Å². The summed E-state index contributed by atoms with van der Waals surface area (Å²) in [5.41, 5.74) is 3.66. The second-order valence-electron chi connectivity index (χ2n) is 6.91. The van der Waals surface area contributed by atoms with Crippen LogP contribution in [0.3, 0.4) is 0 Å². The highest BCUT2D eigenvalue weighted by Crippen LogP contribution is 2.12. The fourth-order valence-electron chi connectivity index (χ4n) is 2.80. The average Bonchev–Trinajstić information content (AvgIpc) is 2.78. The Morgan fingerprint density at radius 3 is 1.87 bits per heavy atom. The Morgan fingerprint density at radius 1 is 0.700 bits per heavy atom. The molecule has 0 saturated heterocycles. The minimum atomic E-state index is -1.10. The Morgan fingerprint density at radius 2 is 1.23 bits per heavy atom. The highest BCUT2D eigenvalue weighted by atomic mass is 16.7. The van der Waals surface area contributed by atoms with E-state index in [-0.39, 0.29) is 19.6 Å². The van der Waals surface area contributed by atoms with Crippen LogP contribution in [0.5, 0.6) is 0 Å². The molecule has 3 aromatic rings. The smallest absolute Gasteiger partial charge is 0.458 e. The van der Waals surface area contributed by atoms with E-state index in [1.54, 1.807) is 0 Å². The Bertz CT molecular complexity index is 936. The van der Waals surface area contributed by atoms with Crippen LogP contribution in [0.25, 0.3) is 0 Å². The lowest BCUT2D eigenvalue weighted by Gasteiger charge is -2.17. The zero-order valence-corrected chi connectivity index (χ0v) is 16.8. The van der Waals surface area contributed by atoms with E-state index in [2.05, 4.69) is 0 Å². The number of carbonyl (C=O) groups is 2. The summed E-state index contributed by atoms with van der Waals surface area (Å²) in [6.45, 7) is 2.15. The Kier molecular flexibility index (Phi) is 7.61. The predicted molar refractivity (Wildman–Crippen MR) is 113 cm³/mol. The van der Waals surface area contributed by atoms with Crippen molar-refractivity contribution in [1.82, 2.24) is 0 Å². The van der Waals surface area contributed by atoms with Gasteiger partial charge in [-0.1, -0.05) is 90.5 Å². The molecule has 1 unspecified atom stereocenters. The monoisotopic (exact) mass is 404 g/mol. The molecule has 0 aromatic heterocycles.